The Morgan fingerprint density at radius 3 is 2.75 bits per heavy atom. The Labute approximate surface area is 169 Å². The van der Waals surface area contributed by atoms with Crippen LogP contribution in [0.15, 0.2) is 47.0 Å². The van der Waals surface area contributed by atoms with Crippen molar-refractivity contribution < 1.29 is 14.1 Å². The van der Waals surface area contributed by atoms with Crippen LogP contribution in [0, 0.1) is 13.8 Å². The smallest absolute Gasteiger partial charge is 0.260 e. The third-order valence-corrected chi connectivity index (χ3v) is 4.53. The van der Waals surface area contributed by atoms with Crippen LogP contribution in [-0.4, -0.2) is 34.1 Å². The SMILES string of the molecule is CCN(Cc1nc(-c2cccc(C)c2)no1)C(=O)COc1ccc(Cl)cc1C. The predicted molar refractivity (Wildman–Crippen MR) is 107 cm³/mol. The Kier molecular flexibility index (Phi) is 6.31. The van der Waals surface area contributed by atoms with E-state index in [0.29, 0.717) is 29.0 Å². The lowest BCUT2D eigenvalue weighted by Gasteiger charge is -2.19. The summed E-state index contributed by atoms with van der Waals surface area (Å²) < 4.78 is 11.0. The van der Waals surface area contributed by atoms with E-state index in [2.05, 4.69) is 10.1 Å². The molecule has 2 aromatic carbocycles. The van der Waals surface area contributed by atoms with Crippen LogP contribution < -0.4 is 4.74 Å². The molecule has 6 nitrogen and oxygen atoms in total. The maximum atomic E-state index is 12.5. The molecule has 7 heteroatoms. The summed E-state index contributed by atoms with van der Waals surface area (Å²) in [6, 6.07) is 13.1. The number of carbonyl (C=O) groups excluding carboxylic acids is 1. The van der Waals surface area contributed by atoms with E-state index in [0.717, 1.165) is 16.7 Å². The average molecular weight is 400 g/mol. The standard InChI is InChI=1S/C21H22ClN3O3/c1-4-25(20(26)13-27-18-9-8-17(22)11-15(18)3)12-19-23-21(24-28-19)16-7-5-6-14(2)10-16/h5-11H,4,12-13H2,1-3H3. The molecule has 0 aliphatic carbocycles. The first-order valence-electron chi connectivity index (χ1n) is 9.02. The highest BCUT2D eigenvalue weighted by Gasteiger charge is 2.18. The first-order valence-corrected chi connectivity index (χ1v) is 9.40. The number of aryl methyl sites for hydroxylation is 2. The number of hydrogen-bond donors (Lipinski definition) is 0. The largest absolute Gasteiger partial charge is 0.483 e. The van der Waals surface area contributed by atoms with E-state index >= 15 is 0 Å². The third kappa shape index (κ3) is 4.89. The van der Waals surface area contributed by atoms with Crippen molar-refractivity contribution in [3.63, 3.8) is 0 Å². The molecular formula is C21H22ClN3O3. The lowest BCUT2D eigenvalue weighted by molar-refractivity contribution is -0.134. The summed E-state index contributed by atoms with van der Waals surface area (Å²) in [5.41, 5.74) is 2.87. The fraction of sp³-hybridized carbons (Fsp3) is 0.286. The first kappa shape index (κ1) is 19.9. The predicted octanol–water partition coefficient (Wildman–Crippen LogP) is 4.43. The number of hydrogen-bond acceptors (Lipinski definition) is 5. The lowest BCUT2D eigenvalue weighted by Crippen LogP contribution is -2.34. The Bertz CT molecular complexity index is 971. The number of rotatable bonds is 7. The monoisotopic (exact) mass is 399 g/mol. The van der Waals surface area contributed by atoms with Crippen LogP contribution in [0.2, 0.25) is 5.02 Å². The highest BCUT2D eigenvalue weighted by Crippen LogP contribution is 2.22. The number of benzene rings is 2. The van der Waals surface area contributed by atoms with Crippen molar-refractivity contribution in [1.29, 1.82) is 0 Å². The van der Waals surface area contributed by atoms with Crippen molar-refractivity contribution >= 4 is 17.5 Å². The second-order valence-electron chi connectivity index (χ2n) is 6.49. The van der Waals surface area contributed by atoms with Gasteiger partial charge >= 0.3 is 0 Å². The zero-order chi connectivity index (χ0) is 20.1. The van der Waals surface area contributed by atoms with Crippen LogP contribution in [0.1, 0.15) is 23.9 Å². The fourth-order valence-electron chi connectivity index (χ4n) is 2.77. The van der Waals surface area contributed by atoms with Gasteiger partial charge in [0.05, 0.1) is 0 Å². The fourth-order valence-corrected chi connectivity index (χ4v) is 2.99. The zero-order valence-electron chi connectivity index (χ0n) is 16.1. The van der Waals surface area contributed by atoms with Crippen LogP contribution in [0.3, 0.4) is 0 Å². The van der Waals surface area contributed by atoms with E-state index < -0.39 is 0 Å². The minimum atomic E-state index is -0.160. The molecule has 3 aromatic rings. The van der Waals surface area contributed by atoms with Crippen molar-refractivity contribution in [3.05, 3.63) is 64.5 Å². The minimum absolute atomic E-state index is 0.0742. The third-order valence-electron chi connectivity index (χ3n) is 4.29. The molecule has 0 fully saturated rings. The summed E-state index contributed by atoms with van der Waals surface area (Å²) in [5, 5.41) is 4.65. The van der Waals surface area contributed by atoms with Gasteiger partial charge in [0.2, 0.25) is 11.7 Å². The number of halogens is 1. The van der Waals surface area contributed by atoms with Gasteiger partial charge in [-0.05, 0) is 50.6 Å². The van der Waals surface area contributed by atoms with Crippen LogP contribution in [-0.2, 0) is 11.3 Å². The number of carbonyl (C=O) groups is 1. The van der Waals surface area contributed by atoms with E-state index in [1.165, 1.54) is 0 Å². The molecule has 0 saturated carbocycles. The molecule has 3 rings (SSSR count). The molecule has 0 radical (unpaired) electrons. The van der Waals surface area contributed by atoms with Gasteiger partial charge in [-0.1, -0.05) is 40.5 Å². The molecule has 1 amide bonds. The molecule has 146 valence electrons. The molecule has 0 saturated heterocycles. The minimum Gasteiger partial charge on any atom is -0.483 e. The molecule has 28 heavy (non-hydrogen) atoms. The second-order valence-corrected chi connectivity index (χ2v) is 6.92. The Balaban J connectivity index is 1.63. The van der Waals surface area contributed by atoms with E-state index in [4.69, 9.17) is 20.9 Å². The molecule has 0 spiro atoms. The van der Waals surface area contributed by atoms with Crippen LogP contribution in [0.25, 0.3) is 11.4 Å². The molecule has 1 heterocycles. The molecule has 0 unspecified atom stereocenters. The number of likely N-dealkylation sites (N-methyl/N-ethyl adjacent to an activating group) is 1. The summed E-state index contributed by atoms with van der Waals surface area (Å²) >= 11 is 5.94. The molecule has 0 N–H and O–H groups in total. The van der Waals surface area contributed by atoms with Crippen molar-refractivity contribution in [1.82, 2.24) is 15.0 Å². The quantitative estimate of drug-likeness (QED) is 0.587. The summed E-state index contributed by atoms with van der Waals surface area (Å²) in [7, 11) is 0. The van der Waals surface area contributed by atoms with Gasteiger partial charge in [0.25, 0.3) is 5.91 Å². The van der Waals surface area contributed by atoms with Crippen molar-refractivity contribution in [3.8, 4) is 17.1 Å². The van der Waals surface area contributed by atoms with Gasteiger partial charge < -0.3 is 14.2 Å². The maximum absolute atomic E-state index is 12.5. The van der Waals surface area contributed by atoms with Crippen LogP contribution >= 0.6 is 11.6 Å². The van der Waals surface area contributed by atoms with Gasteiger partial charge in [-0.15, -0.1) is 0 Å². The molecule has 0 atom stereocenters. The van der Waals surface area contributed by atoms with Crippen molar-refractivity contribution in [2.45, 2.75) is 27.3 Å². The highest BCUT2D eigenvalue weighted by molar-refractivity contribution is 6.30. The summed E-state index contributed by atoms with van der Waals surface area (Å²) in [4.78, 5) is 18.6. The van der Waals surface area contributed by atoms with Crippen LogP contribution in [0.5, 0.6) is 5.75 Å². The van der Waals surface area contributed by atoms with Gasteiger partial charge in [0.1, 0.15) is 12.3 Å². The van der Waals surface area contributed by atoms with Gasteiger partial charge in [0, 0.05) is 17.1 Å². The highest BCUT2D eigenvalue weighted by atomic mass is 35.5. The molecule has 1 aromatic heterocycles. The van der Waals surface area contributed by atoms with Gasteiger partial charge in [0.15, 0.2) is 6.61 Å². The Hall–Kier alpha value is -2.86. The van der Waals surface area contributed by atoms with E-state index in [1.54, 1.807) is 23.1 Å². The first-order chi connectivity index (χ1) is 13.5. The average Bonchev–Trinajstić information content (AvgIpc) is 3.14. The molecule has 0 aliphatic heterocycles. The summed E-state index contributed by atoms with van der Waals surface area (Å²) in [6.45, 7) is 6.44. The Morgan fingerprint density at radius 2 is 2.04 bits per heavy atom. The molecule has 0 bridgehead atoms. The zero-order valence-corrected chi connectivity index (χ0v) is 16.9. The Morgan fingerprint density at radius 1 is 1.21 bits per heavy atom. The number of ether oxygens (including phenoxy) is 1. The molecular weight excluding hydrogens is 378 g/mol. The summed E-state index contributed by atoms with van der Waals surface area (Å²) in [6.07, 6.45) is 0. The van der Waals surface area contributed by atoms with Gasteiger partial charge in [-0.3, -0.25) is 4.79 Å². The van der Waals surface area contributed by atoms with Crippen molar-refractivity contribution in [2.75, 3.05) is 13.2 Å². The number of amides is 1. The number of nitrogens with zero attached hydrogens (tertiary/aromatic N) is 3. The van der Waals surface area contributed by atoms with Crippen LogP contribution in [0.4, 0.5) is 0 Å². The normalized spacial score (nSPS) is 10.7. The van der Waals surface area contributed by atoms with Gasteiger partial charge in [-0.2, -0.15) is 4.98 Å². The van der Waals surface area contributed by atoms with E-state index in [9.17, 15) is 4.79 Å². The second kappa shape index (κ2) is 8.89. The summed E-state index contributed by atoms with van der Waals surface area (Å²) in [5.74, 6) is 1.37. The van der Waals surface area contributed by atoms with Crippen molar-refractivity contribution in [2.24, 2.45) is 0 Å². The number of aromatic nitrogens is 2. The maximum Gasteiger partial charge on any atom is 0.260 e. The van der Waals surface area contributed by atoms with Gasteiger partial charge in [-0.25, -0.2) is 0 Å². The van der Waals surface area contributed by atoms with E-state index in [1.807, 2.05) is 45.0 Å². The van der Waals surface area contributed by atoms with E-state index in [-0.39, 0.29) is 19.1 Å². The topological polar surface area (TPSA) is 68.5 Å². The lowest BCUT2D eigenvalue weighted by atomic mass is 10.1. The molecule has 0 aliphatic rings.